The molecule has 0 amide bonds. The van der Waals surface area contributed by atoms with E-state index in [0.717, 1.165) is 11.5 Å². The maximum atomic E-state index is 5.79. The molecule has 0 radical (unpaired) electrons. The Morgan fingerprint density at radius 3 is 2.59 bits per heavy atom. The molecule has 1 aromatic carbocycles. The number of nitrogens with zero attached hydrogens (tertiary/aromatic N) is 2. The van der Waals surface area contributed by atoms with Gasteiger partial charge in [-0.1, -0.05) is 30.3 Å². The summed E-state index contributed by atoms with van der Waals surface area (Å²) in [6.45, 7) is 2.59. The maximum Gasteiger partial charge on any atom is 0.123 e. The zero-order chi connectivity index (χ0) is 11.8. The molecule has 1 aliphatic carbocycles. The summed E-state index contributed by atoms with van der Waals surface area (Å²) >= 11 is 0. The van der Waals surface area contributed by atoms with Crippen molar-refractivity contribution in [3.8, 4) is 11.3 Å². The number of nitrogens with two attached hydrogens (primary N) is 1. The van der Waals surface area contributed by atoms with Crippen molar-refractivity contribution in [2.24, 2.45) is 5.73 Å². The predicted molar refractivity (Wildman–Crippen MR) is 68.6 cm³/mol. The molecular weight excluding hydrogens is 210 g/mol. The standard InChI is InChI=1S/C14H17N3/c1-10-14(11-5-3-2-4-6-11)17(12-7-8-12)13(9-15)16-10/h2-6,12H,7-9,15H2,1H3. The van der Waals surface area contributed by atoms with Crippen molar-refractivity contribution in [2.45, 2.75) is 32.4 Å². The fourth-order valence-corrected chi connectivity index (χ4v) is 2.42. The molecule has 0 saturated heterocycles. The molecule has 1 aliphatic rings. The minimum atomic E-state index is 0.518. The first-order valence-corrected chi connectivity index (χ1v) is 6.14. The highest BCUT2D eigenvalue weighted by molar-refractivity contribution is 5.63. The van der Waals surface area contributed by atoms with Crippen molar-refractivity contribution in [3.05, 3.63) is 41.9 Å². The van der Waals surface area contributed by atoms with Crippen LogP contribution in [0.25, 0.3) is 11.3 Å². The van der Waals surface area contributed by atoms with E-state index in [-0.39, 0.29) is 0 Å². The minimum Gasteiger partial charge on any atom is -0.324 e. The lowest BCUT2D eigenvalue weighted by Gasteiger charge is -2.10. The van der Waals surface area contributed by atoms with Gasteiger partial charge < -0.3 is 10.3 Å². The third-order valence-corrected chi connectivity index (χ3v) is 3.30. The Bertz CT molecular complexity index is 524. The first-order chi connectivity index (χ1) is 8.31. The molecule has 0 bridgehead atoms. The van der Waals surface area contributed by atoms with Gasteiger partial charge in [-0.25, -0.2) is 4.98 Å². The summed E-state index contributed by atoms with van der Waals surface area (Å²) in [6.07, 6.45) is 2.51. The number of rotatable bonds is 3. The zero-order valence-corrected chi connectivity index (χ0v) is 10.1. The SMILES string of the molecule is Cc1nc(CN)n(C2CC2)c1-c1ccccc1. The summed E-state index contributed by atoms with van der Waals surface area (Å²) in [4.78, 5) is 4.60. The van der Waals surface area contributed by atoms with Crippen LogP contribution < -0.4 is 5.73 Å². The molecule has 1 saturated carbocycles. The largest absolute Gasteiger partial charge is 0.324 e. The summed E-state index contributed by atoms with van der Waals surface area (Å²) in [5.74, 6) is 1.02. The smallest absolute Gasteiger partial charge is 0.123 e. The average molecular weight is 227 g/mol. The molecule has 0 unspecified atom stereocenters. The van der Waals surface area contributed by atoms with Crippen LogP contribution in [0, 0.1) is 6.92 Å². The van der Waals surface area contributed by atoms with Gasteiger partial charge >= 0.3 is 0 Å². The number of aryl methyl sites for hydroxylation is 1. The number of hydrogen-bond donors (Lipinski definition) is 1. The van der Waals surface area contributed by atoms with Crippen molar-refractivity contribution < 1.29 is 0 Å². The summed E-state index contributed by atoms with van der Waals surface area (Å²) in [6, 6.07) is 11.1. The molecule has 3 rings (SSSR count). The first kappa shape index (κ1) is 10.5. The fraction of sp³-hybridized carbons (Fsp3) is 0.357. The van der Waals surface area contributed by atoms with Crippen molar-refractivity contribution >= 4 is 0 Å². The van der Waals surface area contributed by atoms with Crippen molar-refractivity contribution in [2.75, 3.05) is 0 Å². The number of benzene rings is 1. The van der Waals surface area contributed by atoms with Gasteiger partial charge in [0.15, 0.2) is 0 Å². The van der Waals surface area contributed by atoms with Crippen molar-refractivity contribution in [1.29, 1.82) is 0 Å². The van der Waals surface area contributed by atoms with E-state index in [0.29, 0.717) is 12.6 Å². The fourth-order valence-electron chi connectivity index (χ4n) is 2.42. The van der Waals surface area contributed by atoms with Crippen molar-refractivity contribution in [1.82, 2.24) is 9.55 Å². The second-order valence-corrected chi connectivity index (χ2v) is 4.63. The molecule has 1 heterocycles. The van der Waals surface area contributed by atoms with Gasteiger partial charge in [0.25, 0.3) is 0 Å². The van der Waals surface area contributed by atoms with Crippen LogP contribution in [0.1, 0.15) is 30.4 Å². The summed E-state index contributed by atoms with van der Waals surface area (Å²) in [5, 5.41) is 0. The molecular formula is C14H17N3. The maximum absolute atomic E-state index is 5.79. The lowest BCUT2D eigenvalue weighted by molar-refractivity contribution is 0.688. The van der Waals surface area contributed by atoms with Crippen molar-refractivity contribution in [3.63, 3.8) is 0 Å². The molecule has 2 N–H and O–H groups in total. The van der Waals surface area contributed by atoms with E-state index < -0.39 is 0 Å². The summed E-state index contributed by atoms with van der Waals surface area (Å²) in [7, 11) is 0. The number of aromatic nitrogens is 2. The van der Waals surface area contributed by atoms with Gasteiger partial charge in [0, 0.05) is 11.6 Å². The Kier molecular flexibility index (Phi) is 2.48. The molecule has 0 spiro atoms. The van der Waals surface area contributed by atoms with E-state index in [1.165, 1.54) is 24.1 Å². The molecule has 1 fully saturated rings. The van der Waals surface area contributed by atoms with Crippen LogP contribution in [0.5, 0.6) is 0 Å². The highest BCUT2D eigenvalue weighted by Crippen LogP contribution is 2.40. The Morgan fingerprint density at radius 1 is 1.29 bits per heavy atom. The first-order valence-electron chi connectivity index (χ1n) is 6.14. The van der Waals surface area contributed by atoms with E-state index in [9.17, 15) is 0 Å². The lowest BCUT2D eigenvalue weighted by atomic mass is 10.1. The van der Waals surface area contributed by atoms with Gasteiger partial charge in [0.1, 0.15) is 5.82 Å². The number of imidazole rings is 1. The van der Waals surface area contributed by atoms with Crippen LogP contribution >= 0.6 is 0 Å². The van der Waals surface area contributed by atoms with E-state index in [2.05, 4.69) is 40.7 Å². The van der Waals surface area contributed by atoms with Crippen LogP contribution in [0.15, 0.2) is 30.3 Å². The Morgan fingerprint density at radius 2 is 2.00 bits per heavy atom. The van der Waals surface area contributed by atoms with E-state index in [4.69, 9.17) is 5.73 Å². The molecule has 3 heteroatoms. The van der Waals surface area contributed by atoms with Gasteiger partial charge in [0.2, 0.25) is 0 Å². The molecule has 2 aromatic rings. The van der Waals surface area contributed by atoms with Crippen LogP contribution in [-0.2, 0) is 6.54 Å². The van der Waals surface area contributed by atoms with E-state index >= 15 is 0 Å². The average Bonchev–Trinajstić information content (AvgIpc) is 3.14. The highest BCUT2D eigenvalue weighted by atomic mass is 15.1. The monoisotopic (exact) mass is 227 g/mol. The van der Waals surface area contributed by atoms with Gasteiger partial charge in [-0.15, -0.1) is 0 Å². The second-order valence-electron chi connectivity index (χ2n) is 4.63. The third kappa shape index (κ3) is 1.76. The van der Waals surface area contributed by atoms with E-state index in [1.54, 1.807) is 0 Å². The third-order valence-electron chi connectivity index (χ3n) is 3.30. The molecule has 3 nitrogen and oxygen atoms in total. The van der Waals surface area contributed by atoms with Gasteiger partial charge in [-0.3, -0.25) is 0 Å². The van der Waals surface area contributed by atoms with Gasteiger partial charge in [-0.2, -0.15) is 0 Å². The summed E-state index contributed by atoms with van der Waals surface area (Å²) in [5.41, 5.74) is 9.36. The van der Waals surface area contributed by atoms with Gasteiger partial charge in [-0.05, 0) is 19.8 Å². The van der Waals surface area contributed by atoms with Crippen LogP contribution in [0.4, 0.5) is 0 Å². The summed E-state index contributed by atoms with van der Waals surface area (Å²) < 4.78 is 2.34. The topological polar surface area (TPSA) is 43.8 Å². The Hall–Kier alpha value is -1.61. The molecule has 0 aliphatic heterocycles. The van der Waals surface area contributed by atoms with Crippen LogP contribution in [-0.4, -0.2) is 9.55 Å². The molecule has 1 aromatic heterocycles. The molecule has 88 valence electrons. The Balaban J connectivity index is 2.18. The van der Waals surface area contributed by atoms with E-state index in [1.807, 2.05) is 6.07 Å². The highest BCUT2D eigenvalue weighted by Gasteiger charge is 2.29. The quantitative estimate of drug-likeness (QED) is 0.876. The van der Waals surface area contributed by atoms with Crippen LogP contribution in [0.3, 0.4) is 0 Å². The minimum absolute atomic E-state index is 0.518. The lowest BCUT2D eigenvalue weighted by Crippen LogP contribution is -2.08. The van der Waals surface area contributed by atoms with Crippen LogP contribution in [0.2, 0.25) is 0 Å². The second kappa shape index (κ2) is 4.00. The predicted octanol–water partition coefficient (Wildman–Crippen LogP) is 2.65. The Labute approximate surface area is 101 Å². The number of hydrogen-bond acceptors (Lipinski definition) is 2. The zero-order valence-electron chi connectivity index (χ0n) is 10.1. The van der Waals surface area contributed by atoms with Gasteiger partial charge in [0.05, 0.1) is 17.9 Å². The molecule has 0 atom stereocenters. The normalized spacial score (nSPS) is 15.2. The molecule has 17 heavy (non-hydrogen) atoms.